The van der Waals surface area contributed by atoms with Gasteiger partial charge in [-0.05, 0) is 56.7 Å². The van der Waals surface area contributed by atoms with Crippen LogP contribution in [0.25, 0.3) is 6.08 Å². The molecule has 0 saturated carbocycles. The van der Waals surface area contributed by atoms with Crippen molar-refractivity contribution in [3.05, 3.63) is 82.7 Å². The molecule has 1 amide bonds. The van der Waals surface area contributed by atoms with Crippen LogP contribution in [0.3, 0.4) is 0 Å². The Morgan fingerprint density at radius 1 is 1.03 bits per heavy atom. The Hall–Kier alpha value is -3.91. The summed E-state index contributed by atoms with van der Waals surface area (Å²) in [6.07, 6.45) is 3.02. The van der Waals surface area contributed by atoms with Gasteiger partial charge in [-0.25, -0.2) is 4.79 Å². The number of carbonyl (C=O) groups is 2. The molecule has 2 aromatic carbocycles. The van der Waals surface area contributed by atoms with Gasteiger partial charge in [0.05, 0.1) is 25.5 Å². The maximum atomic E-state index is 12.2. The molecule has 1 fully saturated rings. The molecule has 0 spiro atoms. The van der Waals surface area contributed by atoms with Crippen LogP contribution in [0.5, 0.6) is 0 Å². The molecule has 0 unspecified atom stereocenters. The first-order valence-electron chi connectivity index (χ1n) is 12.1. The molecule has 8 heteroatoms. The number of rotatable bonds is 8. The smallest absolute Gasteiger partial charge is 0.331 e. The van der Waals surface area contributed by atoms with E-state index in [9.17, 15) is 9.59 Å². The van der Waals surface area contributed by atoms with Crippen molar-refractivity contribution in [3.63, 3.8) is 0 Å². The fourth-order valence-electron chi connectivity index (χ4n) is 4.08. The molecule has 1 aliphatic rings. The van der Waals surface area contributed by atoms with Gasteiger partial charge in [0.25, 0.3) is 5.91 Å². The number of aryl methyl sites for hydroxylation is 2. The van der Waals surface area contributed by atoms with Crippen molar-refractivity contribution in [3.8, 4) is 0 Å². The highest BCUT2D eigenvalue weighted by molar-refractivity contribution is 5.94. The largest absolute Gasteiger partial charge is 0.452 e. The maximum absolute atomic E-state index is 12.2. The van der Waals surface area contributed by atoms with Crippen LogP contribution in [0.2, 0.25) is 0 Å². The number of aromatic nitrogens is 2. The van der Waals surface area contributed by atoms with Crippen molar-refractivity contribution in [1.29, 1.82) is 0 Å². The van der Waals surface area contributed by atoms with E-state index in [0.29, 0.717) is 25.4 Å². The Balaban J connectivity index is 1.27. The normalized spacial score (nSPS) is 13.7. The Labute approximate surface area is 211 Å². The standard InChI is InChI=1S/C28H32N4O4/c1-20-4-6-23(7-5-20)18-32-22(3)26(21(2)30-32)12-13-28(34)36-19-27(33)29-24-8-10-25(11-9-24)31-14-16-35-17-15-31/h4-13H,14-19H2,1-3H3,(H,29,33)/b13-12+. The summed E-state index contributed by atoms with van der Waals surface area (Å²) in [6.45, 7) is 9.35. The van der Waals surface area contributed by atoms with Gasteiger partial charge in [-0.2, -0.15) is 5.10 Å². The van der Waals surface area contributed by atoms with Crippen molar-refractivity contribution < 1.29 is 19.1 Å². The first-order chi connectivity index (χ1) is 17.4. The molecule has 4 rings (SSSR count). The van der Waals surface area contributed by atoms with Crippen LogP contribution >= 0.6 is 0 Å². The molecule has 0 atom stereocenters. The van der Waals surface area contributed by atoms with Crippen molar-refractivity contribution in [1.82, 2.24) is 9.78 Å². The molecule has 0 radical (unpaired) electrons. The number of amides is 1. The third kappa shape index (κ3) is 6.60. The van der Waals surface area contributed by atoms with Crippen LogP contribution in [0.15, 0.2) is 54.6 Å². The molecule has 1 aromatic heterocycles. The zero-order valence-corrected chi connectivity index (χ0v) is 21.0. The summed E-state index contributed by atoms with van der Waals surface area (Å²) in [5.74, 6) is -0.980. The van der Waals surface area contributed by atoms with Crippen molar-refractivity contribution >= 4 is 29.3 Å². The van der Waals surface area contributed by atoms with Crippen molar-refractivity contribution in [2.24, 2.45) is 0 Å². The number of benzene rings is 2. The minimum atomic E-state index is -0.585. The number of morpholine rings is 1. The van der Waals surface area contributed by atoms with Gasteiger partial charge >= 0.3 is 5.97 Å². The molecule has 1 saturated heterocycles. The topological polar surface area (TPSA) is 85.7 Å². The summed E-state index contributed by atoms with van der Waals surface area (Å²) in [5.41, 5.74) is 6.74. The predicted octanol–water partition coefficient (Wildman–Crippen LogP) is 3.89. The van der Waals surface area contributed by atoms with Crippen LogP contribution in [-0.4, -0.2) is 54.6 Å². The van der Waals surface area contributed by atoms with Crippen LogP contribution in [-0.2, 0) is 25.6 Å². The number of nitrogens with zero attached hydrogens (tertiary/aromatic N) is 3. The molecule has 3 aromatic rings. The van der Waals surface area contributed by atoms with Gasteiger partial charge in [-0.1, -0.05) is 29.8 Å². The molecule has 0 bridgehead atoms. The highest BCUT2D eigenvalue weighted by atomic mass is 16.5. The molecule has 188 valence electrons. The van der Waals surface area contributed by atoms with Gasteiger partial charge in [0.15, 0.2) is 6.61 Å². The highest BCUT2D eigenvalue weighted by Gasteiger charge is 2.13. The van der Waals surface area contributed by atoms with Crippen molar-refractivity contribution in [2.75, 3.05) is 43.1 Å². The molecule has 0 aliphatic carbocycles. The molecular formula is C28H32N4O4. The second-order valence-corrected chi connectivity index (χ2v) is 8.86. The second kappa shape index (κ2) is 11.7. The fourth-order valence-corrected chi connectivity index (χ4v) is 4.08. The van der Waals surface area contributed by atoms with E-state index in [0.717, 1.165) is 41.3 Å². The molecular weight excluding hydrogens is 456 g/mol. The molecule has 1 aliphatic heterocycles. The summed E-state index contributed by atoms with van der Waals surface area (Å²) in [4.78, 5) is 26.7. The van der Waals surface area contributed by atoms with E-state index in [2.05, 4.69) is 46.5 Å². The lowest BCUT2D eigenvalue weighted by Crippen LogP contribution is -2.36. The quantitative estimate of drug-likeness (QED) is 0.383. The lowest BCUT2D eigenvalue weighted by Gasteiger charge is -2.28. The number of anilines is 2. The second-order valence-electron chi connectivity index (χ2n) is 8.86. The lowest BCUT2D eigenvalue weighted by atomic mass is 10.1. The zero-order chi connectivity index (χ0) is 25.5. The van der Waals surface area contributed by atoms with Crippen LogP contribution in [0.4, 0.5) is 11.4 Å². The van der Waals surface area contributed by atoms with Crippen molar-refractivity contribution in [2.45, 2.75) is 27.3 Å². The number of hydrogen-bond donors (Lipinski definition) is 1. The number of carbonyl (C=O) groups excluding carboxylic acids is 2. The van der Waals surface area contributed by atoms with E-state index in [1.807, 2.05) is 42.8 Å². The average Bonchev–Trinajstić information content (AvgIpc) is 3.15. The number of nitrogens with one attached hydrogen (secondary N) is 1. The SMILES string of the molecule is Cc1ccc(Cn2nc(C)c(/C=C/C(=O)OCC(=O)Nc3ccc(N4CCOCC4)cc3)c2C)cc1. The molecule has 2 heterocycles. The minimum absolute atomic E-state index is 0.362. The van der Waals surface area contributed by atoms with Gasteiger partial charge in [0.1, 0.15) is 0 Å². The predicted molar refractivity (Wildman–Crippen MR) is 140 cm³/mol. The van der Waals surface area contributed by atoms with E-state index in [1.165, 1.54) is 11.6 Å². The average molecular weight is 489 g/mol. The Morgan fingerprint density at radius 3 is 2.42 bits per heavy atom. The van der Waals surface area contributed by atoms with Crippen LogP contribution in [0, 0.1) is 20.8 Å². The van der Waals surface area contributed by atoms with Crippen LogP contribution in [0.1, 0.15) is 28.1 Å². The third-order valence-electron chi connectivity index (χ3n) is 6.15. The molecule has 36 heavy (non-hydrogen) atoms. The summed E-state index contributed by atoms with van der Waals surface area (Å²) >= 11 is 0. The number of ether oxygens (including phenoxy) is 2. The monoisotopic (exact) mass is 488 g/mol. The van der Waals surface area contributed by atoms with E-state index in [1.54, 1.807) is 6.08 Å². The molecule has 1 N–H and O–H groups in total. The Morgan fingerprint density at radius 2 is 1.72 bits per heavy atom. The fraction of sp³-hybridized carbons (Fsp3) is 0.321. The van der Waals surface area contributed by atoms with E-state index < -0.39 is 11.9 Å². The minimum Gasteiger partial charge on any atom is -0.452 e. The zero-order valence-electron chi connectivity index (χ0n) is 21.0. The van der Waals surface area contributed by atoms with Crippen LogP contribution < -0.4 is 10.2 Å². The summed E-state index contributed by atoms with van der Waals surface area (Å²) in [5, 5.41) is 7.36. The summed E-state index contributed by atoms with van der Waals surface area (Å²) < 4.78 is 12.4. The summed E-state index contributed by atoms with van der Waals surface area (Å²) in [7, 11) is 0. The van der Waals surface area contributed by atoms with Gasteiger partial charge in [-0.3, -0.25) is 9.48 Å². The highest BCUT2D eigenvalue weighted by Crippen LogP contribution is 2.19. The summed E-state index contributed by atoms with van der Waals surface area (Å²) in [6, 6.07) is 15.9. The first-order valence-corrected chi connectivity index (χ1v) is 12.1. The lowest BCUT2D eigenvalue weighted by molar-refractivity contribution is -0.142. The van der Waals surface area contributed by atoms with Gasteiger partial charge in [0.2, 0.25) is 0 Å². The van der Waals surface area contributed by atoms with E-state index in [-0.39, 0.29) is 6.61 Å². The number of esters is 1. The number of hydrogen-bond acceptors (Lipinski definition) is 6. The Bertz CT molecular complexity index is 1220. The van der Waals surface area contributed by atoms with E-state index >= 15 is 0 Å². The third-order valence-corrected chi connectivity index (χ3v) is 6.15. The van der Waals surface area contributed by atoms with Gasteiger partial charge < -0.3 is 19.7 Å². The van der Waals surface area contributed by atoms with Gasteiger partial charge in [0, 0.05) is 41.8 Å². The van der Waals surface area contributed by atoms with Gasteiger partial charge in [-0.15, -0.1) is 0 Å². The molecule has 8 nitrogen and oxygen atoms in total. The first kappa shape index (κ1) is 25.2. The maximum Gasteiger partial charge on any atom is 0.331 e. The van der Waals surface area contributed by atoms with E-state index in [4.69, 9.17) is 9.47 Å². The Kier molecular flexibility index (Phi) is 8.17.